The van der Waals surface area contributed by atoms with Crippen molar-refractivity contribution in [3.63, 3.8) is 0 Å². The maximum atomic E-state index is 12.5. The summed E-state index contributed by atoms with van der Waals surface area (Å²) in [5.41, 5.74) is 0.337. The number of aliphatic hydroxyl groups is 1. The molecule has 1 unspecified atom stereocenters. The van der Waals surface area contributed by atoms with Crippen molar-refractivity contribution >= 4 is 5.78 Å². The lowest BCUT2D eigenvalue weighted by Gasteiger charge is -2.73. The molecule has 0 aromatic heterocycles. The molecule has 5 aliphatic rings. The predicted octanol–water partition coefficient (Wildman–Crippen LogP) is 3.09. The zero-order chi connectivity index (χ0) is 15.2. The molecule has 3 heteroatoms. The Kier molecular flexibility index (Phi) is 2.64. The highest BCUT2D eigenvalue weighted by molar-refractivity contribution is 5.87. The third kappa shape index (κ3) is 1.36. The van der Waals surface area contributed by atoms with Crippen LogP contribution in [-0.4, -0.2) is 29.2 Å². The van der Waals surface area contributed by atoms with E-state index >= 15 is 0 Å². The highest BCUT2D eigenvalue weighted by Gasteiger charge is 2.74. The van der Waals surface area contributed by atoms with E-state index < -0.39 is 0 Å². The van der Waals surface area contributed by atoms with Crippen LogP contribution in [0, 0.1) is 28.6 Å². The molecule has 1 N–H and O–H groups in total. The molecule has 0 radical (unpaired) electrons. The summed E-state index contributed by atoms with van der Waals surface area (Å²) in [7, 11) is 0. The monoisotopic (exact) mass is 304 g/mol. The van der Waals surface area contributed by atoms with Crippen LogP contribution in [0.25, 0.3) is 0 Å². The summed E-state index contributed by atoms with van der Waals surface area (Å²) in [5, 5.41) is 10.1. The molecule has 5 fully saturated rings. The average Bonchev–Trinajstić information content (AvgIpc) is 2.79. The summed E-state index contributed by atoms with van der Waals surface area (Å²) in [5.74, 6) is 2.32. The molecule has 0 amide bonds. The number of carbonyl (C=O) groups is 1. The summed E-state index contributed by atoms with van der Waals surface area (Å²) in [6.07, 6.45) is 9.46. The Bertz CT molecular complexity index is 531. The number of ketones is 1. The van der Waals surface area contributed by atoms with E-state index in [0.29, 0.717) is 29.0 Å². The van der Waals surface area contributed by atoms with Crippen LogP contribution in [0.2, 0.25) is 0 Å². The first-order chi connectivity index (χ1) is 10.5. The summed E-state index contributed by atoms with van der Waals surface area (Å²) in [6.45, 7) is 3.15. The fourth-order valence-electron chi connectivity index (χ4n) is 7.52. The minimum absolute atomic E-state index is 0.0585. The minimum atomic E-state index is -0.0910. The van der Waals surface area contributed by atoms with E-state index in [1.165, 1.54) is 12.8 Å². The van der Waals surface area contributed by atoms with Gasteiger partial charge in [0.2, 0.25) is 0 Å². The Hall–Kier alpha value is -0.410. The molecule has 0 aromatic carbocycles. The molecule has 1 heterocycles. The molecule has 4 aliphatic carbocycles. The maximum Gasteiger partial charge on any atom is 0.139 e. The van der Waals surface area contributed by atoms with Crippen molar-refractivity contribution in [3.05, 3.63) is 0 Å². The van der Waals surface area contributed by atoms with Gasteiger partial charge < -0.3 is 9.84 Å². The van der Waals surface area contributed by atoms with Gasteiger partial charge in [-0.1, -0.05) is 6.92 Å². The van der Waals surface area contributed by atoms with Crippen molar-refractivity contribution in [2.24, 2.45) is 28.6 Å². The summed E-state index contributed by atoms with van der Waals surface area (Å²) >= 11 is 0. The van der Waals surface area contributed by atoms with Gasteiger partial charge in [-0.25, -0.2) is 0 Å². The molecule has 3 nitrogen and oxygen atoms in total. The smallest absolute Gasteiger partial charge is 0.139 e. The van der Waals surface area contributed by atoms with Gasteiger partial charge in [-0.15, -0.1) is 0 Å². The molecule has 5 rings (SSSR count). The van der Waals surface area contributed by atoms with E-state index in [2.05, 4.69) is 6.92 Å². The second-order valence-electron chi connectivity index (χ2n) is 9.13. The van der Waals surface area contributed by atoms with Crippen LogP contribution in [0.3, 0.4) is 0 Å². The van der Waals surface area contributed by atoms with Crippen LogP contribution in [-0.2, 0) is 9.53 Å². The third-order valence-corrected chi connectivity index (χ3v) is 8.76. The second kappa shape index (κ2) is 4.16. The normalized spacial score (nSPS) is 59.8. The maximum absolute atomic E-state index is 12.5. The highest BCUT2D eigenvalue weighted by Crippen LogP contribution is 2.72. The standard InChI is InChI=1S/C19H28O3/c1-17-8-9-19-15(14(17)4-5-16(17)21)3-2-12-10-13(20)6-7-18(12,19)11-22-19/h12-15,20H,2-11H2,1H3/t12-,13?,14-,15-,17-,18+,19+/m0/s1. The number of hydrogen-bond donors (Lipinski definition) is 1. The Morgan fingerprint density at radius 3 is 2.73 bits per heavy atom. The van der Waals surface area contributed by atoms with E-state index in [1.807, 2.05) is 0 Å². The molecule has 0 aromatic rings. The molecule has 2 spiro atoms. The topological polar surface area (TPSA) is 46.5 Å². The lowest BCUT2D eigenvalue weighted by atomic mass is 9.40. The molecule has 4 saturated carbocycles. The summed E-state index contributed by atoms with van der Waals surface area (Å²) < 4.78 is 6.42. The lowest BCUT2D eigenvalue weighted by Crippen LogP contribution is -2.75. The van der Waals surface area contributed by atoms with Gasteiger partial charge in [0.05, 0.1) is 18.3 Å². The summed E-state index contributed by atoms with van der Waals surface area (Å²) in [6, 6.07) is 0. The number of carbonyl (C=O) groups excluding carboxylic acids is 1. The first-order valence-electron chi connectivity index (χ1n) is 9.37. The van der Waals surface area contributed by atoms with Crippen molar-refractivity contribution in [1.82, 2.24) is 0 Å². The Morgan fingerprint density at radius 2 is 1.95 bits per heavy atom. The van der Waals surface area contributed by atoms with Gasteiger partial charge in [0, 0.05) is 17.3 Å². The van der Waals surface area contributed by atoms with Gasteiger partial charge in [0.15, 0.2) is 0 Å². The average molecular weight is 304 g/mol. The van der Waals surface area contributed by atoms with Crippen molar-refractivity contribution in [3.8, 4) is 0 Å². The van der Waals surface area contributed by atoms with Crippen LogP contribution in [0.1, 0.15) is 64.7 Å². The van der Waals surface area contributed by atoms with Crippen molar-refractivity contribution in [2.45, 2.75) is 76.4 Å². The van der Waals surface area contributed by atoms with Gasteiger partial charge in [-0.3, -0.25) is 4.79 Å². The van der Waals surface area contributed by atoms with Crippen LogP contribution >= 0.6 is 0 Å². The number of ether oxygens (including phenoxy) is 1. The van der Waals surface area contributed by atoms with Crippen LogP contribution in [0.15, 0.2) is 0 Å². The fraction of sp³-hybridized carbons (Fsp3) is 0.947. The predicted molar refractivity (Wildman–Crippen MR) is 82.3 cm³/mol. The van der Waals surface area contributed by atoms with Crippen LogP contribution in [0.4, 0.5) is 0 Å². The second-order valence-corrected chi connectivity index (χ2v) is 9.13. The van der Waals surface area contributed by atoms with Crippen LogP contribution in [0.5, 0.6) is 0 Å². The van der Waals surface area contributed by atoms with Crippen molar-refractivity contribution < 1.29 is 14.6 Å². The van der Waals surface area contributed by atoms with E-state index in [4.69, 9.17) is 4.74 Å². The number of Topliss-reactive ketones (excluding diaryl/α,β-unsaturated/α-hetero) is 1. The lowest BCUT2D eigenvalue weighted by molar-refractivity contribution is -0.365. The van der Waals surface area contributed by atoms with Gasteiger partial charge in [-0.05, 0) is 69.1 Å². The number of fused-ring (bicyclic) bond motifs is 2. The molecular formula is C19H28O3. The van der Waals surface area contributed by atoms with Crippen molar-refractivity contribution in [1.29, 1.82) is 0 Å². The fourth-order valence-corrected chi connectivity index (χ4v) is 7.52. The Labute approximate surface area is 132 Å². The first kappa shape index (κ1) is 14.0. The van der Waals surface area contributed by atoms with E-state index in [-0.39, 0.29) is 17.1 Å². The Morgan fingerprint density at radius 1 is 1.09 bits per heavy atom. The van der Waals surface area contributed by atoms with Gasteiger partial charge >= 0.3 is 0 Å². The Balaban J connectivity index is 1.54. The van der Waals surface area contributed by atoms with Gasteiger partial charge in [0.1, 0.15) is 5.78 Å². The molecule has 1 aliphatic heterocycles. The molecule has 7 atom stereocenters. The quantitative estimate of drug-likeness (QED) is 0.748. The van der Waals surface area contributed by atoms with Crippen LogP contribution < -0.4 is 0 Å². The van der Waals surface area contributed by atoms with Gasteiger partial charge in [-0.2, -0.15) is 0 Å². The number of hydrogen-bond acceptors (Lipinski definition) is 3. The largest absolute Gasteiger partial charge is 0.393 e. The zero-order valence-corrected chi connectivity index (χ0v) is 13.6. The molecule has 1 saturated heterocycles. The van der Waals surface area contributed by atoms with Gasteiger partial charge in [0.25, 0.3) is 0 Å². The summed E-state index contributed by atoms with van der Waals surface area (Å²) in [4.78, 5) is 12.5. The van der Waals surface area contributed by atoms with E-state index in [9.17, 15) is 9.90 Å². The number of aliphatic hydroxyl groups excluding tert-OH is 1. The first-order valence-corrected chi connectivity index (χ1v) is 9.37. The van der Waals surface area contributed by atoms with Crippen molar-refractivity contribution in [2.75, 3.05) is 6.61 Å². The molecular weight excluding hydrogens is 276 g/mol. The SMILES string of the molecule is C[C@]12CC[C@]34OC[C@@]35CCC(O)C[C@@H]5CC[C@H]4[C@@H]1CCC2=O. The molecule has 122 valence electrons. The molecule has 0 bridgehead atoms. The minimum Gasteiger partial charge on any atom is -0.393 e. The highest BCUT2D eigenvalue weighted by atomic mass is 16.5. The third-order valence-electron chi connectivity index (χ3n) is 8.76. The van der Waals surface area contributed by atoms with E-state index in [1.54, 1.807) is 0 Å². The number of rotatable bonds is 0. The van der Waals surface area contributed by atoms with E-state index in [0.717, 1.165) is 51.6 Å². The zero-order valence-electron chi connectivity index (χ0n) is 13.6. The molecule has 22 heavy (non-hydrogen) atoms.